The number of para-hydroxylation sites is 1. The van der Waals surface area contributed by atoms with Crippen LogP contribution in [0, 0.1) is 0 Å². The van der Waals surface area contributed by atoms with Gasteiger partial charge in [0.25, 0.3) is 0 Å². The highest BCUT2D eigenvalue weighted by Gasteiger charge is 2.01. The van der Waals surface area contributed by atoms with Gasteiger partial charge in [0, 0.05) is 11.8 Å². The number of aromatic nitrogens is 2. The quantitative estimate of drug-likeness (QED) is 0.872. The molecule has 2 N–H and O–H groups in total. The number of hydrogen-bond acceptors (Lipinski definition) is 2. The van der Waals surface area contributed by atoms with Crippen LogP contribution < -0.4 is 5.73 Å². The van der Waals surface area contributed by atoms with Crippen molar-refractivity contribution >= 4 is 5.57 Å². The first-order chi connectivity index (χ1) is 8.31. The zero-order valence-electron chi connectivity index (χ0n) is 10.0. The van der Waals surface area contributed by atoms with Crippen LogP contribution in [0.15, 0.2) is 48.8 Å². The lowest BCUT2D eigenvalue weighted by molar-refractivity contribution is 0.880. The van der Waals surface area contributed by atoms with Gasteiger partial charge in [-0.15, -0.1) is 0 Å². The summed E-state index contributed by atoms with van der Waals surface area (Å²) in [6, 6.07) is 10.1. The third-order valence-corrected chi connectivity index (χ3v) is 2.68. The summed E-state index contributed by atoms with van der Waals surface area (Å²) in [6.45, 7) is 2.77. The second-order valence-corrected chi connectivity index (χ2v) is 3.97. The van der Waals surface area contributed by atoms with Crippen molar-refractivity contribution < 1.29 is 0 Å². The smallest absolute Gasteiger partial charge is 0.0645 e. The molecule has 0 radical (unpaired) electrons. The zero-order chi connectivity index (χ0) is 12.1. The van der Waals surface area contributed by atoms with Gasteiger partial charge in [0.05, 0.1) is 11.9 Å². The Kier molecular flexibility index (Phi) is 3.73. The fourth-order valence-corrected chi connectivity index (χ4v) is 1.67. The molecule has 2 aromatic rings. The highest BCUT2D eigenvalue weighted by atomic mass is 15.3. The molecule has 1 heterocycles. The molecule has 0 spiro atoms. The Bertz CT molecular complexity index is 497. The monoisotopic (exact) mass is 227 g/mol. The lowest BCUT2D eigenvalue weighted by Crippen LogP contribution is -1.95. The SMILES string of the molecule is C/C(=C/CCN)c1cnn(-c2ccccc2)c1. The van der Waals surface area contributed by atoms with Crippen molar-refractivity contribution in [3.8, 4) is 5.69 Å². The third-order valence-electron chi connectivity index (χ3n) is 2.68. The minimum atomic E-state index is 0.685. The van der Waals surface area contributed by atoms with E-state index in [0.717, 1.165) is 17.7 Å². The molecule has 0 saturated heterocycles. The van der Waals surface area contributed by atoms with E-state index in [0.29, 0.717) is 6.54 Å². The fraction of sp³-hybridized carbons (Fsp3) is 0.214. The van der Waals surface area contributed by atoms with E-state index in [-0.39, 0.29) is 0 Å². The number of benzene rings is 1. The molecule has 0 aliphatic rings. The molecule has 0 saturated carbocycles. The van der Waals surface area contributed by atoms with Crippen LogP contribution in [0.25, 0.3) is 11.3 Å². The van der Waals surface area contributed by atoms with Crippen LogP contribution in [0.3, 0.4) is 0 Å². The van der Waals surface area contributed by atoms with Gasteiger partial charge in [-0.05, 0) is 37.6 Å². The molecule has 3 nitrogen and oxygen atoms in total. The molecule has 0 fully saturated rings. The Morgan fingerprint density at radius 3 is 2.82 bits per heavy atom. The molecule has 0 atom stereocenters. The lowest BCUT2D eigenvalue weighted by Gasteiger charge is -1.99. The van der Waals surface area contributed by atoms with E-state index in [1.165, 1.54) is 5.57 Å². The fourth-order valence-electron chi connectivity index (χ4n) is 1.67. The molecular weight excluding hydrogens is 210 g/mol. The van der Waals surface area contributed by atoms with Crippen molar-refractivity contribution in [1.82, 2.24) is 9.78 Å². The summed E-state index contributed by atoms with van der Waals surface area (Å²) in [5.41, 5.74) is 8.92. The standard InChI is InChI=1S/C14H17N3/c1-12(6-5-9-15)13-10-16-17(11-13)14-7-3-2-4-8-14/h2-4,6-8,10-11H,5,9,15H2,1H3/b12-6-. The Morgan fingerprint density at radius 2 is 2.12 bits per heavy atom. The van der Waals surface area contributed by atoms with E-state index in [1.54, 1.807) is 0 Å². The first-order valence-electron chi connectivity index (χ1n) is 5.78. The number of nitrogens with two attached hydrogens (primary N) is 1. The molecule has 1 aromatic heterocycles. The molecule has 17 heavy (non-hydrogen) atoms. The van der Waals surface area contributed by atoms with Crippen molar-refractivity contribution in [1.29, 1.82) is 0 Å². The molecule has 3 heteroatoms. The van der Waals surface area contributed by atoms with Gasteiger partial charge >= 0.3 is 0 Å². The van der Waals surface area contributed by atoms with E-state index < -0.39 is 0 Å². The number of nitrogens with zero attached hydrogens (tertiary/aromatic N) is 2. The Labute approximate surface area is 102 Å². The maximum Gasteiger partial charge on any atom is 0.0645 e. The van der Waals surface area contributed by atoms with Crippen LogP contribution in [0.4, 0.5) is 0 Å². The predicted octanol–water partition coefficient (Wildman–Crippen LogP) is 2.62. The van der Waals surface area contributed by atoms with Gasteiger partial charge in [0.15, 0.2) is 0 Å². The molecule has 0 amide bonds. The topological polar surface area (TPSA) is 43.8 Å². The minimum absolute atomic E-state index is 0.685. The van der Waals surface area contributed by atoms with Gasteiger partial charge in [0.1, 0.15) is 0 Å². The summed E-state index contributed by atoms with van der Waals surface area (Å²) in [4.78, 5) is 0. The first-order valence-corrected chi connectivity index (χ1v) is 5.78. The van der Waals surface area contributed by atoms with E-state index in [2.05, 4.69) is 18.1 Å². The minimum Gasteiger partial charge on any atom is -0.330 e. The summed E-state index contributed by atoms with van der Waals surface area (Å²) in [5, 5.41) is 4.36. The largest absolute Gasteiger partial charge is 0.330 e. The normalized spacial score (nSPS) is 11.8. The number of allylic oxidation sites excluding steroid dienone is 1. The molecule has 0 aliphatic heterocycles. The van der Waals surface area contributed by atoms with Crippen LogP contribution >= 0.6 is 0 Å². The highest BCUT2D eigenvalue weighted by molar-refractivity contribution is 5.62. The van der Waals surface area contributed by atoms with Crippen LogP contribution in [0.1, 0.15) is 18.9 Å². The summed E-state index contributed by atoms with van der Waals surface area (Å²) in [5.74, 6) is 0. The molecule has 2 rings (SSSR count). The van der Waals surface area contributed by atoms with Gasteiger partial charge < -0.3 is 5.73 Å². The molecule has 1 aromatic carbocycles. The van der Waals surface area contributed by atoms with Crippen LogP contribution in [-0.4, -0.2) is 16.3 Å². The second-order valence-electron chi connectivity index (χ2n) is 3.97. The zero-order valence-corrected chi connectivity index (χ0v) is 10.0. The summed E-state index contributed by atoms with van der Waals surface area (Å²) >= 11 is 0. The average Bonchev–Trinajstić information content (AvgIpc) is 2.86. The van der Waals surface area contributed by atoms with E-state index in [1.807, 2.05) is 47.4 Å². The van der Waals surface area contributed by atoms with Crippen LogP contribution in [0.2, 0.25) is 0 Å². The average molecular weight is 227 g/mol. The number of hydrogen-bond donors (Lipinski definition) is 1. The van der Waals surface area contributed by atoms with E-state index in [9.17, 15) is 0 Å². The van der Waals surface area contributed by atoms with Crippen LogP contribution in [-0.2, 0) is 0 Å². The Hall–Kier alpha value is -1.87. The van der Waals surface area contributed by atoms with Gasteiger partial charge in [0.2, 0.25) is 0 Å². The second kappa shape index (κ2) is 5.46. The van der Waals surface area contributed by atoms with Crippen molar-refractivity contribution in [2.75, 3.05) is 6.54 Å². The molecule has 0 unspecified atom stereocenters. The maximum atomic E-state index is 5.49. The van der Waals surface area contributed by atoms with Gasteiger partial charge in [-0.25, -0.2) is 4.68 Å². The van der Waals surface area contributed by atoms with Crippen molar-refractivity contribution in [2.45, 2.75) is 13.3 Å². The Balaban J connectivity index is 2.22. The third kappa shape index (κ3) is 2.82. The lowest BCUT2D eigenvalue weighted by atomic mass is 10.1. The maximum absolute atomic E-state index is 5.49. The van der Waals surface area contributed by atoms with Crippen LogP contribution in [0.5, 0.6) is 0 Å². The summed E-state index contributed by atoms with van der Waals surface area (Å²) in [6.07, 6.45) is 6.97. The number of rotatable bonds is 4. The first kappa shape index (κ1) is 11.6. The van der Waals surface area contributed by atoms with Crippen molar-refractivity contribution in [3.63, 3.8) is 0 Å². The highest BCUT2D eigenvalue weighted by Crippen LogP contribution is 2.15. The van der Waals surface area contributed by atoms with Crippen molar-refractivity contribution in [2.24, 2.45) is 5.73 Å². The van der Waals surface area contributed by atoms with Gasteiger partial charge in [-0.1, -0.05) is 24.3 Å². The summed E-state index contributed by atoms with van der Waals surface area (Å²) in [7, 11) is 0. The molecule has 88 valence electrons. The van der Waals surface area contributed by atoms with Gasteiger partial charge in [-0.2, -0.15) is 5.10 Å². The van der Waals surface area contributed by atoms with E-state index >= 15 is 0 Å². The van der Waals surface area contributed by atoms with E-state index in [4.69, 9.17) is 5.73 Å². The summed E-state index contributed by atoms with van der Waals surface area (Å²) < 4.78 is 1.88. The molecular formula is C14H17N3. The van der Waals surface area contributed by atoms with Crippen molar-refractivity contribution in [3.05, 3.63) is 54.4 Å². The Morgan fingerprint density at radius 1 is 1.35 bits per heavy atom. The molecule has 0 bridgehead atoms. The predicted molar refractivity (Wildman–Crippen MR) is 70.9 cm³/mol. The molecule has 0 aliphatic carbocycles. The van der Waals surface area contributed by atoms with Gasteiger partial charge in [-0.3, -0.25) is 0 Å².